The van der Waals surface area contributed by atoms with Gasteiger partial charge in [-0.1, -0.05) is 19.8 Å². The van der Waals surface area contributed by atoms with E-state index in [1.807, 2.05) is 30.5 Å². The van der Waals surface area contributed by atoms with Crippen LogP contribution in [0.5, 0.6) is 0 Å². The van der Waals surface area contributed by atoms with Crippen LogP contribution in [0.2, 0.25) is 0 Å². The van der Waals surface area contributed by atoms with Crippen LogP contribution in [0, 0.1) is 5.92 Å². The van der Waals surface area contributed by atoms with Gasteiger partial charge in [0.15, 0.2) is 0 Å². The minimum absolute atomic E-state index is 0.0874. The van der Waals surface area contributed by atoms with Crippen LogP contribution in [0.1, 0.15) is 32.6 Å². The maximum atomic E-state index is 12.0. The summed E-state index contributed by atoms with van der Waals surface area (Å²) in [5, 5.41) is 5.99. The predicted octanol–water partition coefficient (Wildman–Crippen LogP) is 4.11. The normalized spacial score (nSPS) is 22.8. The summed E-state index contributed by atoms with van der Waals surface area (Å²) < 4.78 is 0. The maximum absolute atomic E-state index is 12.0. The summed E-state index contributed by atoms with van der Waals surface area (Å²) in [4.78, 5) is 13.2. The van der Waals surface area contributed by atoms with Gasteiger partial charge in [-0.2, -0.15) is 0 Å². The number of carbonyl (C=O) groups excluding carboxylic acids is 1. The Morgan fingerprint density at radius 3 is 2.53 bits per heavy atom. The molecule has 0 bridgehead atoms. The van der Waals surface area contributed by atoms with Crippen LogP contribution >= 0.6 is 11.8 Å². The third-order valence-electron chi connectivity index (χ3n) is 3.78. The van der Waals surface area contributed by atoms with Crippen molar-refractivity contribution < 1.29 is 4.79 Å². The van der Waals surface area contributed by atoms with E-state index in [-0.39, 0.29) is 6.03 Å². The molecule has 0 radical (unpaired) electrons. The second kappa shape index (κ2) is 6.85. The lowest BCUT2D eigenvalue weighted by Crippen LogP contribution is -2.43. The van der Waals surface area contributed by atoms with E-state index in [1.54, 1.807) is 11.8 Å². The molecular formula is C15H22N2OS. The molecule has 0 heterocycles. The fourth-order valence-corrected chi connectivity index (χ4v) is 2.95. The number of thioether (sulfide) groups is 1. The number of urea groups is 1. The Labute approximate surface area is 119 Å². The highest BCUT2D eigenvalue weighted by molar-refractivity contribution is 7.98. The molecule has 1 fully saturated rings. The number of hydrogen-bond donors (Lipinski definition) is 2. The van der Waals surface area contributed by atoms with Crippen molar-refractivity contribution in [2.45, 2.75) is 43.5 Å². The number of amides is 2. The molecule has 0 aromatic heterocycles. The number of rotatable bonds is 3. The fourth-order valence-electron chi connectivity index (χ4n) is 2.54. The maximum Gasteiger partial charge on any atom is 0.319 e. The minimum atomic E-state index is -0.0874. The average Bonchev–Trinajstić information content (AvgIpc) is 2.42. The molecule has 19 heavy (non-hydrogen) atoms. The Balaban J connectivity index is 1.86. The zero-order valence-electron chi connectivity index (χ0n) is 11.6. The largest absolute Gasteiger partial charge is 0.335 e. The first-order valence-corrected chi connectivity index (χ1v) is 8.13. The monoisotopic (exact) mass is 278 g/mol. The molecule has 1 aliphatic rings. The predicted molar refractivity (Wildman–Crippen MR) is 81.8 cm³/mol. The van der Waals surface area contributed by atoms with Gasteiger partial charge in [-0.15, -0.1) is 11.8 Å². The van der Waals surface area contributed by atoms with Gasteiger partial charge in [-0.05, 0) is 49.3 Å². The molecule has 1 aromatic rings. The zero-order valence-corrected chi connectivity index (χ0v) is 12.4. The highest BCUT2D eigenvalue weighted by atomic mass is 32.2. The van der Waals surface area contributed by atoms with Gasteiger partial charge in [0, 0.05) is 16.6 Å². The molecule has 0 saturated heterocycles. The molecule has 2 amide bonds. The molecule has 0 unspecified atom stereocenters. The van der Waals surface area contributed by atoms with Gasteiger partial charge >= 0.3 is 6.03 Å². The van der Waals surface area contributed by atoms with Crippen molar-refractivity contribution in [2.75, 3.05) is 11.6 Å². The van der Waals surface area contributed by atoms with Gasteiger partial charge in [0.05, 0.1) is 0 Å². The van der Waals surface area contributed by atoms with E-state index in [1.165, 1.54) is 24.2 Å². The van der Waals surface area contributed by atoms with Crippen molar-refractivity contribution >= 4 is 23.5 Å². The van der Waals surface area contributed by atoms with Crippen molar-refractivity contribution in [1.29, 1.82) is 0 Å². The van der Waals surface area contributed by atoms with Gasteiger partial charge in [0.1, 0.15) is 0 Å². The topological polar surface area (TPSA) is 41.1 Å². The number of anilines is 1. The van der Waals surface area contributed by atoms with Crippen LogP contribution in [0.15, 0.2) is 29.2 Å². The first-order chi connectivity index (χ1) is 9.19. The van der Waals surface area contributed by atoms with E-state index < -0.39 is 0 Å². The summed E-state index contributed by atoms with van der Waals surface area (Å²) in [5.41, 5.74) is 0.846. The van der Waals surface area contributed by atoms with Crippen LogP contribution in [-0.4, -0.2) is 18.3 Å². The fraction of sp³-hybridized carbons (Fsp3) is 0.533. The second-order valence-electron chi connectivity index (χ2n) is 5.20. The van der Waals surface area contributed by atoms with Crippen LogP contribution in [0.25, 0.3) is 0 Å². The lowest BCUT2D eigenvalue weighted by Gasteiger charge is -2.29. The van der Waals surface area contributed by atoms with Crippen LogP contribution < -0.4 is 10.6 Å². The van der Waals surface area contributed by atoms with Gasteiger partial charge in [0.25, 0.3) is 0 Å². The summed E-state index contributed by atoms with van der Waals surface area (Å²) in [6.07, 6.45) is 6.86. The molecule has 2 rings (SSSR count). The third kappa shape index (κ3) is 4.16. The summed E-state index contributed by atoms with van der Waals surface area (Å²) in [7, 11) is 0. The summed E-state index contributed by atoms with van der Waals surface area (Å²) in [5.74, 6) is 0.582. The molecule has 0 aliphatic heterocycles. The van der Waals surface area contributed by atoms with E-state index in [2.05, 4.69) is 17.6 Å². The first kappa shape index (κ1) is 14.3. The third-order valence-corrected chi connectivity index (χ3v) is 4.52. The van der Waals surface area contributed by atoms with Crippen LogP contribution in [0.4, 0.5) is 10.5 Å². The highest BCUT2D eigenvalue weighted by Gasteiger charge is 2.22. The summed E-state index contributed by atoms with van der Waals surface area (Å²) in [6, 6.07) is 8.15. The first-order valence-electron chi connectivity index (χ1n) is 6.90. The zero-order chi connectivity index (χ0) is 13.7. The SMILES string of the molecule is CSc1ccc(NC(=O)N[C@@H]2CCCC[C@@H]2C)cc1. The Bertz CT molecular complexity index is 419. The standard InChI is InChI=1S/C15H22N2OS/c1-11-5-3-4-6-14(11)17-15(18)16-12-7-9-13(19-2)10-8-12/h7-11,14H,3-6H2,1-2H3,(H2,16,17,18)/t11-,14+/m0/s1. The Morgan fingerprint density at radius 1 is 1.21 bits per heavy atom. The van der Waals surface area contributed by atoms with E-state index >= 15 is 0 Å². The van der Waals surface area contributed by atoms with Crippen LogP contribution in [0.3, 0.4) is 0 Å². The molecule has 104 valence electrons. The van der Waals surface area contributed by atoms with Crippen LogP contribution in [-0.2, 0) is 0 Å². The van der Waals surface area contributed by atoms with E-state index in [0.717, 1.165) is 12.1 Å². The molecule has 1 saturated carbocycles. The van der Waals surface area contributed by atoms with E-state index in [0.29, 0.717) is 12.0 Å². The number of hydrogen-bond acceptors (Lipinski definition) is 2. The Morgan fingerprint density at radius 2 is 1.89 bits per heavy atom. The van der Waals surface area contributed by atoms with Gasteiger partial charge in [0.2, 0.25) is 0 Å². The van der Waals surface area contributed by atoms with Crippen molar-refractivity contribution in [3.05, 3.63) is 24.3 Å². The number of carbonyl (C=O) groups is 1. The van der Waals surface area contributed by atoms with Crippen molar-refractivity contribution in [2.24, 2.45) is 5.92 Å². The number of nitrogens with one attached hydrogen (secondary N) is 2. The van der Waals surface area contributed by atoms with Crippen molar-refractivity contribution in [1.82, 2.24) is 5.32 Å². The molecule has 1 aromatic carbocycles. The molecule has 1 aliphatic carbocycles. The Kier molecular flexibility index (Phi) is 5.14. The average molecular weight is 278 g/mol. The molecule has 3 nitrogen and oxygen atoms in total. The summed E-state index contributed by atoms with van der Waals surface area (Å²) in [6.45, 7) is 2.22. The highest BCUT2D eigenvalue weighted by Crippen LogP contribution is 2.24. The smallest absolute Gasteiger partial charge is 0.319 e. The van der Waals surface area contributed by atoms with Gasteiger partial charge in [-0.25, -0.2) is 4.79 Å². The van der Waals surface area contributed by atoms with Crippen molar-refractivity contribution in [3.63, 3.8) is 0 Å². The van der Waals surface area contributed by atoms with Gasteiger partial charge in [-0.3, -0.25) is 0 Å². The molecule has 2 N–H and O–H groups in total. The molecule has 4 heteroatoms. The Hall–Kier alpha value is -1.16. The van der Waals surface area contributed by atoms with Gasteiger partial charge < -0.3 is 10.6 Å². The molecule has 2 atom stereocenters. The van der Waals surface area contributed by atoms with E-state index in [4.69, 9.17) is 0 Å². The molecular weight excluding hydrogens is 256 g/mol. The molecule has 0 spiro atoms. The van der Waals surface area contributed by atoms with E-state index in [9.17, 15) is 4.79 Å². The van der Waals surface area contributed by atoms with Crippen molar-refractivity contribution in [3.8, 4) is 0 Å². The summed E-state index contributed by atoms with van der Waals surface area (Å²) >= 11 is 1.70. The number of benzene rings is 1. The minimum Gasteiger partial charge on any atom is -0.335 e. The second-order valence-corrected chi connectivity index (χ2v) is 6.07. The lowest BCUT2D eigenvalue weighted by molar-refractivity contribution is 0.232. The lowest BCUT2D eigenvalue weighted by atomic mass is 9.86. The quantitative estimate of drug-likeness (QED) is 0.817.